The fourth-order valence-corrected chi connectivity index (χ4v) is 5.01. The first-order chi connectivity index (χ1) is 9.62. The average Bonchev–Trinajstić information content (AvgIpc) is 2.86. The summed E-state index contributed by atoms with van der Waals surface area (Å²) in [4.78, 5) is 5.39. The highest BCUT2D eigenvalue weighted by molar-refractivity contribution is 4.95. The summed E-state index contributed by atoms with van der Waals surface area (Å²) in [5.41, 5.74) is 0.187. The molecule has 2 aliphatic heterocycles. The molecular weight excluding hydrogens is 248 g/mol. The van der Waals surface area contributed by atoms with Crippen LogP contribution < -0.4 is 0 Å². The smallest absolute Gasteiger partial charge is 0.0499 e. The van der Waals surface area contributed by atoms with Crippen LogP contribution in [0.1, 0.15) is 52.4 Å². The third-order valence-electron chi connectivity index (χ3n) is 6.13. The van der Waals surface area contributed by atoms with Gasteiger partial charge in [-0.1, -0.05) is 19.8 Å². The quantitative estimate of drug-likeness (QED) is 0.859. The maximum absolute atomic E-state index is 10.0. The van der Waals surface area contributed by atoms with Gasteiger partial charge in [-0.3, -0.25) is 9.80 Å². The molecule has 1 N–H and O–H groups in total. The molecule has 1 aliphatic carbocycles. The first-order valence-electron chi connectivity index (χ1n) is 8.71. The Hall–Kier alpha value is -0.120. The lowest BCUT2D eigenvalue weighted by Gasteiger charge is -2.48. The highest BCUT2D eigenvalue weighted by Crippen LogP contribution is 2.40. The van der Waals surface area contributed by atoms with Crippen LogP contribution in [0.3, 0.4) is 0 Å². The fourth-order valence-electron chi connectivity index (χ4n) is 5.01. The minimum atomic E-state index is 0.187. The van der Waals surface area contributed by atoms with E-state index in [2.05, 4.69) is 23.6 Å². The van der Waals surface area contributed by atoms with E-state index in [9.17, 15) is 5.11 Å². The van der Waals surface area contributed by atoms with Gasteiger partial charge in [0, 0.05) is 43.7 Å². The lowest BCUT2D eigenvalue weighted by atomic mass is 9.70. The molecule has 4 atom stereocenters. The normalized spacial score (nSPS) is 43.6. The Bertz CT molecular complexity index is 335. The van der Waals surface area contributed by atoms with Crippen LogP contribution in [-0.2, 0) is 0 Å². The maximum Gasteiger partial charge on any atom is 0.0499 e. The third-order valence-corrected chi connectivity index (χ3v) is 6.13. The molecule has 0 aromatic carbocycles. The molecule has 0 aromatic rings. The summed E-state index contributed by atoms with van der Waals surface area (Å²) in [5.74, 6) is 0.791. The number of rotatable bonds is 3. The molecule has 0 radical (unpaired) electrons. The van der Waals surface area contributed by atoms with Gasteiger partial charge in [0.15, 0.2) is 0 Å². The molecule has 2 heterocycles. The Morgan fingerprint density at radius 3 is 2.75 bits per heavy atom. The van der Waals surface area contributed by atoms with Crippen LogP contribution in [0.4, 0.5) is 0 Å². The van der Waals surface area contributed by atoms with Crippen LogP contribution in [0.5, 0.6) is 0 Å². The summed E-state index contributed by atoms with van der Waals surface area (Å²) in [6.07, 6.45) is 7.87. The van der Waals surface area contributed by atoms with Gasteiger partial charge in [0.05, 0.1) is 0 Å². The Kier molecular flexibility index (Phi) is 4.40. The topological polar surface area (TPSA) is 26.7 Å². The zero-order chi connectivity index (χ0) is 14.2. The van der Waals surface area contributed by atoms with Crippen LogP contribution in [0.15, 0.2) is 0 Å². The van der Waals surface area contributed by atoms with E-state index < -0.39 is 0 Å². The molecule has 0 bridgehead atoms. The van der Waals surface area contributed by atoms with Crippen molar-refractivity contribution in [2.75, 3.05) is 32.8 Å². The van der Waals surface area contributed by atoms with Crippen molar-refractivity contribution in [1.82, 2.24) is 9.80 Å². The zero-order valence-corrected chi connectivity index (χ0v) is 13.4. The molecule has 116 valence electrons. The first kappa shape index (κ1) is 14.8. The van der Waals surface area contributed by atoms with Crippen molar-refractivity contribution in [3.05, 3.63) is 0 Å². The molecule has 3 rings (SSSR count). The summed E-state index contributed by atoms with van der Waals surface area (Å²) < 4.78 is 0. The van der Waals surface area contributed by atoms with Crippen molar-refractivity contribution in [3.63, 3.8) is 0 Å². The summed E-state index contributed by atoms with van der Waals surface area (Å²) >= 11 is 0. The molecule has 0 spiro atoms. The Labute approximate surface area is 124 Å². The molecule has 3 fully saturated rings. The minimum absolute atomic E-state index is 0.187. The Morgan fingerprint density at radius 1 is 1.15 bits per heavy atom. The van der Waals surface area contributed by atoms with Crippen molar-refractivity contribution in [3.8, 4) is 0 Å². The van der Waals surface area contributed by atoms with E-state index in [-0.39, 0.29) is 5.41 Å². The molecule has 3 nitrogen and oxygen atoms in total. The molecule has 20 heavy (non-hydrogen) atoms. The number of fused-ring (bicyclic) bond motifs is 1. The van der Waals surface area contributed by atoms with Gasteiger partial charge in [0.1, 0.15) is 0 Å². The van der Waals surface area contributed by atoms with Gasteiger partial charge < -0.3 is 5.11 Å². The van der Waals surface area contributed by atoms with Crippen LogP contribution >= 0.6 is 0 Å². The van der Waals surface area contributed by atoms with E-state index in [0.717, 1.165) is 18.5 Å². The van der Waals surface area contributed by atoms with Gasteiger partial charge >= 0.3 is 0 Å². The predicted molar refractivity (Wildman–Crippen MR) is 82.8 cm³/mol. The molecule has 1 saturated carbocycles. The van der Waals surface area contributed by atoms with Gasteiger partial charge in [-0.2, -0.15) is 0 Å². The number of aliphatic hydroxyl groups is 1. The van der Waals surface area contributed by atoms with Crippen molar-refractivity contribution in [2.24, 2.45) is 11.3 Å². The van der Waals surface area contributed by atoms with Crippen LogP contribution in [-0.4, -0.2) is 59.8 Å². The van der Waals surface area contributed by atoms with Gasteiger partial charge in [-0.25, -0.2) is 0 Å². The summed E-state index contributed by atoms with van der Waals surface area (Å²) in [5, 5.41) is 10.0. The van der Waals surface area contributed by atoms with E-state index in [0.29, 0.717) is 12.6 Å². The Balaban J connectivity index is 1.65. The molecule has 3 aliphatic rings. The first-order valence-corrected chi connectivity index (χ1v) is 8.71. The largest absolute Gasteiger partial charge is 0.396 e. The van der Waals surface area contributed by atoms with Crippen LogP contribution in [0.25, 0.3) is 0 Å². The zero-order valence-electron chi connectivity index (χ0n) is 13.4. The van der Waals surface area contributed by atoms with Crippen LogP contribution in [0.2, 0.25) is 0 Å². The van der Waals surface area contributed by atoms with Gasteiger partial charge in [0.25, 0.3) is 0 Å². The van der Waals surface area contributed by atoms with Gasteiger partial charge in [-0.15, -0.1) is 0 Å². The fraction of sp³-hybridized carbons (Fsp3) is 1.00. The van der Waals surface area contributed by atoms with E-state index in [1.807, 2.05) is 0 Å². The summed E-state index contributed by atoms with van der Waals surface area (Å²) in [6.45, 7) is 10.0. The molecular formula is C17H32N2O. The SMILES string of the molecule is CC1CCCC(CO)(CN2CC3CCCN3CC2C)C1. The Morgan fingerprint density at radius 2 is 2.00 bits per heavy atom. The molecule has 0 amide bonds. The molecule has 0 aromatic heterocycles. The monoisotopic (exact) mass is 280 g/mol. The number of aliphatic hydroxyl groups excluding tert-OH is 1. The third kappa shape index (κ3) is 2.90. The van der Waals surface area contributed by atoms with E-state index in [1.54, 1.807) is 0 Å². The van der Waals surface area contributed by atoms with Crippen LogP contribution in [0, 0.1) is 11.3 Å². The molecule has 3 heteroatoms. The second-order valence-corrected chi connectivity index (χ2v) is 7.93. The summed E-state index contributed by atoms with van der Waals surface area (Å²) in [6, 6.07) is 1.45. The second-order valence-electron chi connectivity index (χ2n) is 7.93. The van der Waals surface area contributed by atoms with Gasteiger partial charge in [-0.05, 0) is 45.1 Å². The average molecular weight is 280 g/mol. The predicted octanol–water partition coefficient (Wildman–Crippen LogP) is 2.34. The molecule has 4 unspecified atom stereocenters. The number of piperazine rings is 1. The highest BCUT2D eigenvalue weighted by Gasteiger charge is 2.40. The number of nitrogens with zero attached hydrogens (tertiary/aromatic N) is 2. The molecule has 2 saturated heterocycles. The van der Waals surface area contributed by atoms with E-state index in [4.69, 9.17) is 0 Å². The van der Waals surface area contributed by atoms with Crippen molar-refractivity contribution in [1.29, 1.82) is 0 Å². The van der Waals surface area contributed by atoms with Crippen molar-refractivity contribution < 1.29 is 5.11 Å². The van der Waals surface area contributed by atoms with Crippen molar-refractivity contribution in [2.45, 2.75) is 64.5 Å². The van der Waals surface area contributed by atoms with E-state index in [1.165, 1.54) is 58.2 Å². The second kappa shape index (κ2) is 5.94. The van der Waals surface area contributed by atoms with E-state index >= 15 is 0 Å². The standard InChI is InChI=1S/C17H32N2O/c1-14-5-3-7-17(9-14,13-20)12-19-11-16-6-4-8-18(16)10-15(19)2/h14-16,20H,3-13H2,1-2H3. The van der Waals surface area contributed by atoms with Gasteiger partial charge in [0.2, 0.25) is 0 Å². The summed E-state index contributed by atoms with van der Waals surface area (Å²) in [7, 11) is 0. The lowest BCUT2D eigenvalue weighted by Crippen LogP contribution is -2.58. The number of hydrogen-bond donors (Lipinski definition) is 1. The lowest BCUT2D eigenvalue weighted by molar-refractivity contribution is -0.0194. The van der Waals surface area contributed by atoms with Crippen molar-refractivity contribution >= 4 is 0 Å². The maximum atomic E-state index is 10.0. The number of hydrogen-bond acceptors (Lipinski definition) is 3. The highest BCUT2D eigenvalue weighted by atomic mass is 16.3. The minimum Gasteiger partial charge on any atom is -0.396 e.